The van der Waals surface area contributed by atoms with E-state index in [0.717, 1.165) is 11.8 Å². The van der Waals surface area contributed by atoms with Crippen molar-refractivity contribution in [2.45, 2.75) is 39.0 Å². The van der Waals surface area contributed by atoms with Crippen LogP contribution in [-0.2, 0) is 14.3 Å². The third-order valence-corrected chi connectivity index (χ3v) is 6.38. The van der Waals surface area contributed by atoms with Crippen LogP contribution in [0.25, 0.3) is 0 Å². The van der Waals surface area contributed by atoms with Crippen LogP contribution >= 0.6 is 23.4 Å². The summed E-state index contributed by atoms with van der Waals surface area (Å²) in [4.78, 5) is 28.4. The fourth-order valence-electron chi connectivity index (χ4n) is 3.44. The maximum Gasteiger partial charge on any atom is 0.315 e. The Hall–Kier alpha value is -1.77. The number of aliphatic imine (C=N–C) groups is 1. The smallest absolute Gasteiger partial charge is 0.315 e. The summed E-state index contributed by atoms with van der Waals surface area (Å²) in [6, 6.07) is 3.91. The minimum Gasteiger partial charge on any atom is -0.465 e. The van der Waals surface area contributed by atoms with Gasteiger partial charge in [0.25, 0.3) is 0 Å². The van der Waals surface area contributed by atoms with Crippen LogP contribution in [0.1, 0.15) is 33.6 Å². The third-order valence-electron chi connectivity index (χ3n) is 4.79. The number of amides is 1. The summed E-state index contributed by atoms with van der Waals surface area (Å²) in [6.45, 7) is 5.56. The number of nitrogens with two attached hydrogens (primary N) is 1. The van der Waals surface area contributed by atoms with Crippen LogP contribution in [0.15, 0.2) is 4.99 Å². The lowest BCUT2D eigenvalue weighted by molar-refractivity contribution is -0.139. The lowest BCUT2D eigenvalue weighted by Crippen LogP contribution is -2.61. The van der Waals surface area contributed by atoms with Crippen molar-refractivity contribution < 1.29 is 14.3 Å². The fraction of sp³-hybridized carbons (Fsp3) is 0.688. The van der Waals surface area contributed by atoms with Crippen LogP contribution in [0.5, 0.6) is 0 Å². The van der Waals surface area contributed by atoms with Gasteiger partial charge in [0.1, 0.15) is 16.5 Å². The monoisotopic (exact) mass is 384 g/mol. The summed E-state index contributed by atoms with van der Waals surface area (Å²) in [5.41, 5.74) is 2.76. The molecular formula is C16H21ClN4O3S. The summed E-state index contributed by atoms with van der Waals surface area (Å²) >= 11 is 7.28. The Balaban J connectivity index is 3.50. The number of thioether (sulfide) groups is 1. The number of hydrogen-bond acceptors (Lipinski definition) is 7. The van der Waals surface area contributed by atoms with E-state index in [1.165, 1.54) is 0 Å². The Morgan fingerprint density at radius 1 is 1.36 bits per heavy atom. The van der Waals surface area contributed by atoms with Gasteiger partial charge >= 0.3 is 5.97 Å². The van der Waals surface area contributed by atoms with Crippen molar-refractivity contribution in [2.75, 3.05) is 12.4 Å². The predicted octanol–water partition coefficient (Wildman–Crippen LogP) is 2.20. The van der Waals surface area contributed by atoms with Crippen molar-refractivity contribution in [2.24, 2.45) is 27.5 Å². The first-order valence-corrected chi connectivity index (χ1v) is 9.35. The highest BCUT2D eigenvalue weighted by molar-refractivity contribution is 8.00. The number of rotatable bonds is 7. The molecule has 0 aromatic rings. The highest BCUT2D eigenvalue weighted by Crippen LogP contribution is 2.58. The number of esters is 1. The zero-order valence-corrected chi connectivity index (χ0v) is 16.0. The summed E-state index contributed by atoms with van der Waals surface area (Å²) in [6.07, 6.45) is 0.735. The van der Waals surface area contributed by atoms with E-state index in [0.29, 0.717) is 12.8 Å². The van der Waals surface area contributed by atoms with Crippen LogP contribution in [0, 0.1) is 39.4 Å². The van der Waals surface area contributed by atoms with Crippen LogP contribution in [0.4, 0.5) is 0 Å². The van der Waals surface area contributed by atoms with Gasteiger partial charge in [-0.15, -0.1) is 11.8 Å². The SMILES string of the molecule is CCOC(=O)CS[C@H]1N=C(Cl)C(C#N)[C@@](C#N)(C(N)=O)C1(CC)CC. The van der Waals surface area contributed by atoms with Gasteiger partial charge in [-0.25, -0.2) is 0 Å². The van der Waals surface area contributed by atoms with Crippen molar-refractivity contribution in [1.29, 1.82) is 10.5 Å². The van der Waals surface area contributed by atoms with E-state index in [1.54, 1.807) is 20.8 Å². The molecule has 0 radical (unpaired) electrons. The van der Waals surface area contributed by atoms with Crippen molar-refractivity contribution in [1.82, 2.24) is 0 Å². The molecule has 0 aliphatic carbocycles. The van der Waals surface area contributed by atoms with E-state index < -0.39 is 34.0 Å². The predicted molar refractivity (Wildman–Crippen MR) is 95.5 cm³/mol. The van der Waals surface area contributed by atoms with Gasteiger partial charge in [-0.05, 0) is 19.8 Å². The van der Waals surface area contributed by atoms with Crippen molar-refractivity contribution >= 4 is 40.4 Å². The molecule has 9 heteroatoms. The Morgan fingerprint density at radius 2 is 1.96 bits per heavy atom. The molecule has 0 aromatic heterocycles. The lowest BCUT2D eigenvalue weighted by Gasteiger charge is -2.51. The molecule has 25 heavy (non-hydrogen) atoms. The number of ether oxygens (including phenoxy) is 1. The topological polar surface area (TPSA) is 129 Å². The standard InChI is InChI=1S/C16H21ClN4O3S/c1-4-15(5-2)14(25-8-11(22)24-6-3)21-12(17)10(7-18)16(15,9-19)13(20)23/h10,14H,4-6,8H2,1-3H3,(H2,20,23)/t10?,14-,16+/m1/s1. The van der Waals surface area contributed by atoms with Crippen LogP contribution in [0.2, 0.25) is 0 Å². The first-order chi connectivity index (χ1) is 11.8. The molecule has 1 heterocycles. The van der Waals surface area contributed by atoms with Gasteiger partial charge in [-0.1, -0.05) is 25.4 Å². The van der Waals surface area contributed by atoms with Gasteiger partial charge < -0.3 is 10.5 Å². The normalized spacial score (nSPS) is 27.5. The summed E-state index contributed by atoms with van der Waals surface area (Å²) in [7, 11) is 0. The van der Waals surface area contributed by atoms with Gasteiger partial charge in [-0.3, -0.25) is 14.6 Å². The highest BCUT2D eigenvalue weighted by Gasteiger charge is 2.66. The summed E-state index contributed by atoms with van der Waals surface area (Å²) < 4.78 is 4.91. The minimum atomic E-state index is -1.82. The number of hydrogen-bond donors (Lipinski definition) is 1. The molecule has 1 unspecified atom stereocenters. The zero-order chi connectivity index (χ0) is 19.3. The van der Waals surface area contributed by atoms with Crippen molar-refractivity contribution in [3.8, 4) is 12.1 Å². The average Bonchev–Trinajstić information content (AvgIpc) is 2.59. The molecule has 3 atom stereocenters. The third kappa shape index (κ3) is 3.33. The number of nitrogens with zero attached hydrogens (tertiary/aromatic N) is 3. The molecule has 7 nitrogen and oxygen atoms in total. The number of carbonyl (C=O) groups excluding carboxylic acids is 2. The molecule has 136 valence electrons. The molecule has 1 rings (SSSR count). The van der Waals surface area contributed by atoms with Gasteiger partial charge in [0.2, 0.25) is 5.91 Å². The molecule has 0 fully saturated rings. The molecule has 0 bridgehead atoms. The first kappa shape index (κ1) is 21.3. The number of halogens is 1. The second kappa shape index (κ2) is 8.55. The van der Waals surface area contributed by atoms with E-state index in [2.05, 4.69) is 4.99 Å². The van der Waals surface area contributed by atoms with E-state index in [4.69, 9.17) is 22.1 Å². The van der Waals surface area contributed by atoms with Gasteiger partial charge in [0, 0.05) is 5.41 Å². The Bertz CT molecular complexity index is 651. The number of carbonyl (C=O) groups is 2. The number of primary amides is 1. The molecule has 1 amide bonds. The van der Waals surface area contributed by atoms with E-state index in [-0.39, 0.29) is 17.5 Å². The molecule has 1 aliphatic rings. The van der Waals surface area contributed by atoms with Crippen molar-refractivity contribution in [3.05, 3.63) is 0 Å². The van der Waals surface area contributed by atoms with Crippen LogP contribution in [0.3, 0.4) is 0 Å². The molecule has 0 spiro atoms. The molecular weight excluding hydrogens is 364 g/mol. The highest BCUT2D eigenvalue weighted by atomic mass is 35.5. The first-order valence-electron chi connectivity index (χ1n) is 7.92. The largest absolute Gasteiger partial charge is 0.465 e. The Morgan fingerprint density at radius 3 is 2.36 bits per heavy atom. The van der Waals surface area contributed by atoms with E-state index >= 15 is 0 Å². The van der Waals surface area contributed by atoms with Crippen LogP contribution in [-0.4, -0.2) is 34.8 Å². The molecule has 0 aromatic carbocycles. The van der Waals surface area contributed by atoms with E-state index in [1.807, 2.05) is 12.1 Å². The molecule has 0 saturated heterocycles. The van der Waals surface area contributed by atoms with Gasteiger partial charge in [0.05, 0.1) is 24.5 Å². The quantitative estimate of drug-likeness (QED) is 0.669. The maximum atomic E-state index is 12.4. The molecule has 1 aliphatic heterocycles. The second-order valence-electron chi connectivity index (χ2n) is 5.63. The van der Waals surface area contributed by atoms with Gasteiger partial charge in [-0.2, -0.15) is 10.5 Å². The zero-order valence-electron chi connectivity index (χ0n) is 14.4. The summed E-state index contributed by atoms with van der Waals surface area (Å²) in [5, 5.41) is 18.6. The lowest BCUT2D eigenvalue weighted by atomic mass is 9.54. The second-order valence-corrected chi connectivity index (χ2v) is 7.09. The Labute approximate surface area is 156 Å². The van der Waals surface area contributed by atoms with Crippen molar-refractivity contribution in [3.63, 3.8) is 0 Å². The molecule has 0 saturated carbocycles. The fourth-order valence-corrected chi connectivity index (χ4v) is 5.21. The minimum absolute atomic E-state index is 0.00852. The molecule has 2 N–H and O–H groups in total. The Kier molecular flexibility index (Phi) is 7.28. The van der Waals surface area contributed by atoms with E-state index in [9.17, 15) is 20.1 Å². The maximum absolute atomic E-state index is 12.4. The van der Waals surface area contributed by atoms with Gasteiger partial charge in [0.15, 0.2) is 5.41 Å². The van der Waals surface area contributed by atoms with Crippen LogP contribution < -0.4 is 5.73 Å². The number of nitriles is 2. The average molecular weight is 385 g/mol. The summed E-state index contributed by atoms with van der Waals surface area (Å²) in [5.74, 6) is -2.58.